The molecule has 1 heterocycles. The number of nitrogens with one attached hydrogen (secondary N) is 1. The molecule has 1 fully saturated rings. The highest BCUT2D eigenvalue weighted by atomic mass is 16.6. The molecule has 3 atom stereocenters. The number of nitrogens with zero attached hydrogens (tertiary/aromatic N) is 1. The SMILES string of the molecule is CC1C(c2ccccc2)CC(NC(=O)OC(C)(C)C)C(=O)N1CC=O. The van der Waals surface area contributed by atoms with E-state index in [1.54, 1.807) is 20.8 Å². The Morgan fingerprint density at radius 2 is 1.96 bits per heavy atom. The first-order valence-electron chi connectivity index (χ1n) is 8.51. The lowest BCUT2D eigenvalue weighted by molar-refractivity contribution is -0.141. The highest BCUT2D eigenvalue weighted by Crippen LogP contribution is 2.33. The Kier molecular flexibility index (Phi) is 5.82. The molecule has 136 valence electrons. The first-order chi connectivity index (χ1) is 11.7. The third-order valence-corrected chi connectivity index (χ3v) is 4.33. The number of hydrogen-bond acceptors (Lipinski definition) is 4. The zero-order valence-corrected chi connectivity index (χ0v) is 15.2. The second-order valence-corrected chi connectivity index (χ2v) is 7.35. The van der Waals surface area contributed by atoms with E-state index in [0.29, 0.717) is 12.7 Å². The van der Waals surface area contributed by atoms with Crippen LogP contribution in [0.4, 0.5) is 4.79 Å². The van der Waals surface area contributed by atoms with Crippen molar-refractivity contribution in [3.8, 4) is 0 Å². The topological polar surface area (TPSA) is 75.7 Å². The van der Waals surface area contributed by atoms with Gasteiger partial charge < -0.3 is 19.7 Å². The number of amides is 2. The molecule has 1 aliphatic heterocycles. The molecule has 0 bridgehead atoms. The van der Waals surface area contributed by atoms with Crippen LogP contribution in [0.3, 0.4) is 0 Å². The summed E-state index contributed by atoms with van der Waals surface area (Å²) in [4.78, 5) is 37.3. The van der Waals surface area contributed by atoms with E-state index < -0.39 is 17.7 Å². The molecule has 1 N–H and O–H groups in total. The number of rotatable bonds is 4. The van der Waals surface area contributed by atoms with Gasteiger partial charge in [-0.15, -0.1) is 0 Å². The van der Waals surface area contributed by atoms with E-state index in [0.717, 1.165) is 5.56 Å². The number of ether oxygens (including phenoxy) is 1. The van der Waals surface area contributed by atoms with Gasteiger partial charge >= 0.3 is 6.09 Å². The molecule has 0 saturated carbocycles. The second kappa shape index (κ2) is 7.68. The molecule has 6 heteroatoms. The van der Waals surface area contributed by atoms with Crippen LogP contribution in [-0.2, 0) is 14.3 Å². The molecule has 1 aliphatic rings. The average molecular weight is 346 g/mol. The van der Waals surface area contributed by atoms with Crippen molar-refractivity contribution in [3.05, 3.63) is 35.9 Å². The van der Waals surface area contributed by atoms with Crippen molar-refractivity contribution in [2.45, 2.75) is 57.7 Å². The summed E-state index contributed by atoms with van der Waals surface area (Å²) in [5, 5.41) is 2.67. The van der Waals surface area contributed by atoms with Crippen LogP contribution in [0.5, 0.6) is 0 Å². The molecule has 1 aromatic carbocycles. The summed E-state index contributed by atoms with van der Waals surface area (Å²) in [7, 11) is 0. The monoisotopic (exact) mass is 346 g/mol. The van der Waals surface area contributed by atoms with Crippen molar-refractivity contribution in [1.29, 1.82) is 0 Å². The number of hydrogen-bond donors (Lipinski definition) is 1. The maximum atomic E-state index is 12.7. The fraction of sp³-hybridized carbons (Fsp3) is 0.526. The van der Waals surface area contributed by atoms with E-state index in [9.17, 15) is 14.4 Å². The third kappa shape index (κ3) is 4.81. The summed E-state index contributed by atoms with van der Waals surface area (Å²) in [5.74, 6) is -0.226. The Morgan fingerprint density at radius 1 is 1.32 bits per heavy atom. The number of piperidine rings is 1. The summed E-state index contributed by atoms with van der Waals surface area (Å²) in [6, 6.07) is 8.98. The van der Waals surface area contributed by atoms with E-state index in [-0.39, 0.29) is 24.4 Å². The highest BCUT2D eigenvalue weighted by molar-refractivity contribution is 5.88. The van der Waals surface area contributed by atoms with E-state index in [1.807, 2.05) is 37.3 Å². The Balaban J connectivity index is 2.22. The molecule has 6 nitrogen and oxygen atoms in total. The van der Waals surface area contributed by atoms with Gasteiger partial charge in [0.05, 0.1) is 6.54 Å². The molecule has 0 aromatic heterocycles. The fourth-order valence-corrected chi connectivity index (χ4v) is 3.19. The van der Waals surface area contributed by atoms with E-state index in [4.69, 9.17) is 4.74 Å². The van der Waals surface area contributed by atoms with Gasteiger partial charge in [-0.2, -0.15) is 0 Å². The summed E-state index contributed by atoms with van der Waals surface area (Å²) in [5.41, 5.74) is 0.436. The maximum Gasteiger partial charge on any atom is 0.408 e. The second-order valence-electron chi connectivity index (χ2n) is 7.35. The summed E-state index contributed by atoms with van der Waals surface area (Å²) in [6.45, 7) is 7.24. The van der Waals surface area contributed by atoms with Crippen LogP contribution < -0.4 is 5.32 Å². The number of benzene rings is 1. The van der Waals surface area contributed by atoms with Gasteiger partial charge in [0.25, 0.3) is 0 Å². The number of aldehydes is 1. The van der Waals surface area contributed by atoms with Gasteiger partial charge in [-0.25, -0.2) is 4.79 Å². The normalized spacial score (nSPS) is 23.9. The molecule has 1 aromatic rings. The van der Waals surface area contributed by atoms with Crippen LogP contribution >= 0.6 is 0 Å². The van der Waals surface area contributed by atoms with E-state index in [2.05, 4.69) is 5.32 Å². The molecule has 1 saturated heterocycles. The smallest absolute Gasteiger partial charge is 0.408 e. The summed E-state index contributed by atoms with van der Waals surface area (Å²) in [6.07, 6.45) is 0.559. The fourth-order valence-electron chi connectivity index (χ4n) is 3.19. The predicted molar refractivity (Wildman–Crippen MR) is 94.2 cm³/mol. The zero-order chi connectivity index (χ0) is 18.6. The largest absolute Gasteiger partial charge is 0.444 e. The average Bonchev–Trinajstić information content (AvgIpc) is 2.53. The van der Waals surface area contributed by atoms with Crippen LogP contribution in [-0.4, -0.2) is 47.4 Å². The highest BCUT2D eigenvalue weighted by Gasteiger charge is 2.41. The summed E-state index contributed by atoms with van der Waals surface area (Å²) < 4.78 is 5.26. The lowest BCUT2D eigenvalue weighted by Crippen LogP contribution is -2.58. The van der Waals surface area contributed by atoms with Gasteiger partial charge in [0.1, 0.15) is 17.9 Å². The van der Waals surface area contributed by atoms with Gasteiger partial charge in [0, 0.05) is 12.0 Å². The first kappa shape index (κ1) is 19.0. The molecule has 3 unspecified atom stereocenters. The maximum absolute atomic E-state index is 12.7. The van der Waals surface area contributed by atoms with Crippen LogP contribution in [0.25, 0.3) is 0 Å². The minimum absolute atomic E-state index is 0.00975. The molecule has 2 rings (SSSR count). The number of carbonyl (C=O) groups is 3. The standard InChI is InChI=1S/C19H26N2O4/c1-13-15(14-8-6-5-7-9-14)12-16(17(23)21(13)10-11-22)20-18(24)25-19(2,3)4/h5-9,11,13,15-16H,10,12H2,1-4H3,(H,20,24). The zero-order valence-electron chi connectivity index (χ0n) is 15.2. The van der Waals surface area contributed by atoms with Gasteiger partial charge in [0.15, 0.2) is 0 Å². The molecular weight excluding hydrogens is 320 g/mol. The van der Waals surface area contributed by atoms with Gasteiger partial charge in [-0.3, -0.25) is 4.79 Å². The molecule has 0 spiro atoms. The van der Waals surface area contributed by atoms with Crippen molar-refractivity contribution < 1.29 is 19.1 Å². The van der Waals surface area contributed by atoms with Crippen molar-refractivity contribution in [2.75, 3.05) is 6.54 Å². The van der Waals surface area contributed by atoms with Crippen molar-refractivity contribution in [3.63, 3.8) is 0 Å². The Hall–Kier alpha value is -2.37. The van der Waals surface area contributed by atoms with Crippen LogP contribution in [0.15, 0.2) is 30.3 Å². The number of alkyl carbamates (subject to hydrolysis) is 1. The minimum Gasteiger partial charge on any atom is -0.444 e. The van der Waals surface area contributed by atoms with Gasteiger partial charge in [-0.05, 0) is 39.7 Å². The van der Waals surface area contributed by atoms with Crippen LogP contribution in [0, 0.1) is 0 Å². The summed E-state index contributed by atoms with van der Waals surface area (Å²) >= 11 is 0. The molecule has 2 amide bonds. The molecule has 0 aliphatic carbocycles. The lowest BCUT2D eigenvalue weighted by atomic mass is 9.82. The van der Waals surface area contributed by atoms with Crippen molar-refractivity contribution >= 4 is 18.3 Å². The van der Waals surface area contributed by atoms with E-state index >= 15 is 0 Å². The third-order valence-electron chi connectivity index (χ3n) is 4.33. The van der Waals surface area contributed by atoms with Crippen molar-refractivity contribution in [1.82, 2.24) is 10.2 Å². The molecule has 25 heavy (non-hydrogen) atoms. The van der Waals surface area contributed by atoms with E-state index in [1.165, 1.54) is 4.90 Å². The Bertz CT molecular complexity index is 624. The molecule has 0 radical (unpaired) electrons. The van der Waals surface area contributed by atoms with Crippen LogP contribution in [0.2, 0.25) is 0 Å². The Morgan fingerprint density at radius 3 is 2.52 bits per heavy atom. The quantitative estimate of drug-likeness (QED) is 0.850. The number of likely N-dealkylation sites (tertiary alicyclic amines) is 1. The molecular formula is C19H26N2O4. The van der Waals surface area contributed by atoms with Gasteiger partial charge in [0.2, 0.25) is 5.91 Å². The number of carbonyl (C=O) groups excluding carboxylic acids is 3. The van der Waals surface area contributed by atoms with Crippen molar-refractivity contribution in [2.24, 2.45) is 0 Å². The first-order valence-corrected chi connectivity index (χ1v) is 8.51. The van der Waals surface area contributed by atoms with Gasteiger partial charge in [-0.1, -0.05) is 30.3 Å². The predicted octanol–water partition coefficient (Wildman–Crippen LogP) is 2.48. The minimum atomic E-state index is -0.712. The Labute approximate surface area is 148 Å². The van der Waals surface area contributed by atoms with Crippen LogP contribution in [0.1, 0.15) is 45.6 Å². The lowest BCUT2D eigenvalue weighted by Gasteiger charge is -2.42.